The predicted octanol–water partition coefficient (Wildman–Crippen LogP) is 3.25. The highest BCUT2D eigenvalue weighted by atomic mass is 16.3. The fourth-order valence-electron chi connectivity index (χ4n) is 4.24. The second-order valence-corrected chi connectivity index (χ2v) is 7.53. The van der Waals surface area contributed by atoms with Crippen molar-refractivity contribution >= 4 is 5.91 Å². The van der Waals surface area contributed by atoms with Gasteiger partial charge in [-0.1, -0.05) is 13.0 Å². The SMILES string of the molecule is CCCc1ccc(CN2C[C@@H]3CC[C@H](C2)N(Cc2ccccn2)C3=O)o1. The maximum atomic E-state index is 12.9. The molecule has 2 bridgehead atoms. The number of piperidine rings is 1. The van der Waals surface area contributed by atoms with E-state index in [1.54, 1.807) is 6.20 Å². The van der Waals surface area contributed by atoms with Crippen LogP contribution in [0.15, 0.2) is 40.9 Å². The summed E-state index contributed by atoms with van der Waals surface area (Å²) in [6.45, 7) is 5.32. The Morgan fingerprint density at radius 3 is 2.81 bits per heavy atom. The Balaban J connectivity index is 1.45. The van der Waals surface area contributed by atoms with Gasteiger partial charge in [0.2, 0.25) is 5.91 Å². The summed E-state index contributed by atoms with van der Waals surface area (Å²) >= 11 is 0. The average Bonchev–Trinajstić information content (AvgIpc) is 2.92. The number of nitrogens with zero attached hydrogens (tertiary/aromatic N) is 3. The van der Waals surface area contributed by atoms with Crippen molar-refractivity contribution < 1.29 is 9.21 Å². The van der Waals surface area contributed by atoms with Gasteiger partial charge in [0.05, 0.1) is 24.7 Å². The number of carbonyl (C=O) groups excluding carboxylic acids is 1. The van der Waals surface area contributed by atoms with E-state index in [4.69, 9.17) is 4.42 Å². The van der Waals surface area contributed by atoms with Gasteiger partial charge in [-0.2, -0.15) is 0 Å². The minimum atomic E-state index is 0.0996. The molecular weight excluding hydrogens is 326 g/mol. The topological polar surface area (TPSA) is 49.6 Å². The molecule has 0 aromatic carbocycles. The maximum absolute atomic E-state index is 12.9. The molecule has 2 aromatic heterocycles. The molecule has 138 valence electrons. The van der Waals surface area contributed by atoms with Gasteiger partial charge in [0, 0.05) is 31.7 Å². The van der Waals surface area contributed by atoms with Gasteiger partial charge in [-0.05, 0) is 43.5 Å². The van der Waals surface area contributed by atoms with Crippen LogP contribution in [0, 0.1) is 5.92 Å². The van der Waals surface area contributed by atoms with Crippen LogP contribution >= 0.6 is 0 Å². The zero-order valence-electron chi connectivity index (χ0n) is 15.4. The number of pyridine rings is 1. The number of rotatable bonds is 6. The molecule has 3 fully saturated rings. The fraction of sp³-hybridized carbons (Fsp3) is 0.524. The second kappa shape index (κ2) is 7.62. The first-order valence-corrected chi connectivity index (χ1v) is 9.73. The largest absolute Gasteiger partial charge is 0.465 e. The Bertz CT molecular complexity index is 743. The third-order valence-corrected chi connectivity index (χ3v) is 5.52. The van der Waals surface area contributed by atoms with Gasteiger partial charge in [0.15, 0.2) is 0 Å². The van der Waals surface area contributed by atoms with Crippen LogP contribution in [0.4, 0.5) is 0 Å². The normalized spacial score (nSPS) is 23.4. The minimum Gasteiger partial charge on any atom is -0.465 e. The van der Waals surface area contributed by atoms with Gasteiger partial charge in [-0.25, -0.2) is 0 Å². The molecule has 5 rings (SSSR count). The molecule has 2 aromatic rings. The van der Waals surface area contributed by atoms with Gasteiger partial charge < -0.3 is 9.32 Å². The van der Waals surface area contributed by atoms with Crippen LogP contribution in [0.25, 0.3) is 0 Å². The second-order valence-electron chi connectivity index (χ2n) is 7.53. The number of fused-ring (bicyclic) bond motifs is 4. The lowest BCUT2D eigenvalue weighted by Crippen LogP contribution is -2.47. The standard InChI is InChI=1S/C21H27N3O2/c1-2-5-19-9-10-20(26-19)15-23-12-16-7-8-18(14-23)24(21(16)25)13-17-6-3-4-11-22-17/h3-4,6,9-11,16,18H,2,5,7-8,12-15H2,1H3/t16-,18+/m0/s1. The van der Waals surface area contributed by atoms with Crippen molar-refractivity contribution in [3.63, 3.8) is 0 Å². The van der Waals surface area contributed by atoms with Crippen LogP contribution in [0.1, 0.15) is 43.4 Å². The monoisotopic (exact) mass is 353 g/mol. The highest BCUT2D eigenvalue weighted by Crippen LogP contribution is 2.31. The Kier molecular flexibility index (Phi) is 5.07. The predicted molar refractivity (Wildman–Crippen MR) is 99.3 cm³/mol. The molecule has 0 N–H and O–H groups in total. The van der Waals surface area contributed by atoms with E-state index in [0.29, 0.717) is 12.5 Å². The lowest BCUT2D eigenvalue weighted by molar-refractivity contribution is -0.140. The van der Waals surface area contributed by atoms with Crippen LogP contribution in [-0.4, -0.2) is 39.8 Å². The first kappa shape index (κ1) is 17.3. The molecule has 3 saturated heterocycles. The summed E-state index contributed by atoms with van der Waals surface area (Å²) < 4.78 is 5.96. The summed E-state index contributed by atoms with van der Waals surface area (Å²) in [7, 11) is 0. The maximum Gasteiger partial charge on any atom is 0.227 e. The van der Waals surface area contributed by atoms with Crippen molar-refractivity contribution in [2.75, 3.05) is 13.1 Å². The van der Waals surface area contributed by atoms with Crippen LogP contribution in [0.3, 0.4) is 0 Å². The van der Waals surface area contributed by atoms with E-state index in [9.17, 15) is 4.79 Å². The quantitative estimate of drug-likeness (QED) is 0.800. The highest BCUT2D eigenvalue weighted by molar-refractivity contribution is 5.80. The molecule has 0 spiro atoms. The average molecular weight is 353 g/mol. The molecule has 0 unspecified atom stereocenters. The Morgan fingerprint density at radius 1 is 1.12 bits per heavy atom. The first-order valence-electron chi connectivity index (χ1n) is 9.73. The molecule has 0 radical (unpaired) electrons. The molecule has 0 aliphatic carbocycles. The molecule has 3 aliphatic heterocycles. The van der Waals surface area contributed by atoms with Crippen LogP contribution in [0.2, 0.25) is 0 Å². The van der Waals surface area contributed by atoms with Crippen molar-refractivity contribution in [1.82, 2.24) is 14.8 Å². The number of aromatic nitrogens is 1. The van der Waals surface area contributed by atoms with Crippen molar-refractivity contribution in [1.29, 1.82) is 0 Å². The molecule has 5 heteroatoms. The van der Waals surface area contributed by atoms with E-state index in [-0.39, 0.29) is 12.0 Å². The number of hydrogen-bond donors (Lipinski definition) is 0. The molecule has 3 aliphatic rings. The Morgan fingerprint density at radius 2 is 2.00 bits per heavy atom. The smallest absolute Gasteiger partial charge is 0.227 e. The summed E-state index contributed by atoms with van der Waals surface area (Å²) in [6.07, 6.45) is 5.96. The molecule has 1 amide bonds. The van der Waals surface area contributed by atoms with Crippen molar-refractivity contribution in [3.8, 4) is 0 Å². The van der Waals surface area contributed by atoms with E-state index in [2.05, 4.69) is 33.8 Å². The zero-order chi connectivity index (χ0) is 17.9. The summed E-state index contributed by atoms with van der Waals surface area (Å²) in [5.41, 5.74) is 0.968. The Hall–Kier alpha value is -2.14. The minimum absolute atomic E-state index is 0.0996. The number of amides is 1. The lowest BCUT2D eigenvalue weighted by Gasteiger charge is -2.35. The summed E-state index contributed by atoms with van der Waals surface area (Å²) in [6, 6.07) is 10.3. The highest BCUT2D eigenvalue weighted by Gasteiger charge is 2.40. The van der Waals surface area contributed by atoms with E-state index in [1.165, 1.54) is 0 Å². The Labute approximate surface area is 155 Å². The van der Waals surface area contributed by atoms with Crippen molar-refractivity contribution in [2.45, 2.75) is 51.7 Å². The number of furan rings is 1. The van der Waals surface area contributed by atoms with E-state index >= 15 is 0 Å². The molecule has 2 atom stereocenters. The van der Waals surface area contributed by atoms with Crippen molar-refractivity contribution in [2.24, 2.45) is 5.92 Å². The molecular formula is C21H27N3O2. The fourth-order valence-corrected chi connectivity index (χ4v) is 4.24. The third kappa shape index (κ3) is 3.68. The number of hydrogen-bond acceptors (Lipinski definition) is 4. The molecule has 26 heavy (non-hydrogen) atoms. The molecule has 0 saturated carbocycles. The van der Waals surface area contributed by atoms with Gasteiger partial charge in [0.25, 0.3) is 0 Å². The van der Waals surface area contributed by atoms with E-state index in [1.807, 2.05) is 18.2 Å². The summed E-state index contributed by atoms with van der Waals surface area (Å²) in [4.78, 5) is 21.8. The van der Waals surface area contributed by atoms with E-state index in [0.717, 1.165) is 62.5 Å². The third-order valence-electron chi connectivity index (χ3n) is 5.52. The summed E-state index contributed by atoms with van der Waals surface area (Å²) in [5.74, 6) is 2.47. The zero-order valence-corrected chi connectivity index (χ0v) is 15.4. The molecule has 5 heterocycles. The number of carbonyl (C=O) groups is 1. The van der Waals surface area contributed by atoms with Crippen LogP contribution < -0.4 is 0 Å². The molecule has 5 nitrogen and oxygen atoms in total. The van der Waals surface area contributed by atoms with Gasteiger partial charge in [0.1, 0.15) is 11.5 Å². The van der Waals surface area contributed by atoms with Crippen LogP contribution in [-0.2, 0) is 24.3 Å². The van der Waals surface area contributed by atoms with E-state index < -0.39 is 0 Å². The summed E-state index contributed by atoms with van der Waals surface area (Å²) in [5, 5.41) is 0. The van der Waals surface area contributed by atoms with Gasteiger partial charge >= 0.3 is 0 Å². The first-order chi connectivity index (χ1) is 12.7. The number of aryl methyl sites for hydroxylation is 1. The lowest BCUT2D eigenvalue weighted by atomic mass is 9.94. The van der Waals surface area contributed by atoms with Gasteiger partial charge in [-0.3, -0.25) is 14.7 Å². The van der Waals surface area contributed by atoms with Crippen LogP contribution in [0.5, 0.6) is 0 Å². The van der Waals surface area contributed by atoms with Crippen molar-refractivity contribution in [3.05, 3.63) is 53.7 Å². The van der Waals surface area contributed by atoms with Gasteiger partial charge in [-0.15, -0.1) is 0 Å².